The Morgan fingerprint density at radius 1 is 0.261 bits per heavy atom. The second-order valence-corrected chi connectivity index (χ2v) is 11.9. The quantitative estimate of drug-likeness (QED) is 0.148. The number of benzene rings is 8. The molecule has 0 amide bonds. The van der Waals surface area contributed by atoms with Crippen LogP contribution in [0.5, 0.6) is 0 Å². The van der Waals surface area contributed by atoms with Gasteiger partial charge < -0.3 is 0 Å². The number of fused-ring (bicyclic) bond motifs is 7. The van der Waals surface area contributed by atoms with E-state index >= 15 is 0 Å². The van der Waals surface area contributed by atoms with Crippen molar-refractivity contribution >= 4 is 43.1 Å². The minimum absolute atomic E-state index is 1.11. The molecule has 214 valence electrons. The predicted molar refractivity (Wildman–Crippen MR) is 196 cm³/mol. The van der Waals surface area contributed by atoms with E-state index in [0.717, 1.165) is 16.7 Å². The zero-order valence-corrected chi connectivity index (χ0v) is 25.2. The van der Waals surface area contributed by atoms with E-state index in [0.29, 0.717) is 0 Å². The third-order valence-electron chi connectivity index (χ3n) is 9.29. The Morgan fingerprint density at radius 3 is 1.24 bits per heavy atom. The Hall–Kier alpha value is -6.05. The van der Waals surface area contributed by atoms with Gasteiger partial charge in [-0.1, -0.05) is 152 Å². The molecule has 9 aromatic rings. The normalized spacial score (nSPS) is 11.5. The van der Waals surface area contributed by atoms with E-state index in [1.165, 1.54) is 70.9 Å². The van der Waals surface area contributed by atoms with Crippen molar-refractivity contribution in [2.45, 2.75) is 0 Å². The number of nitrogens with zero attached hydrogens (tertiary/aromatic N) is 1. The van der Waals surface area contributed by atoms with Gasteiger partial charge >= 0.3 is 0 Å². The third kappa shape index (κ3) is 4.21. The zero-order valence-electron chi connectivity index (χ0n) is 25.2. The Balaban J connectivity index is 1.49. The molecule has 0 unspecified atom stereocenters. The number of hydrogen-bond acceptors (Lipinski definition) is 1. The molecule has 0 atom stereocenters. The van der Waals surface area contributed by atoms with Crippen molar-refractivity contribution in [2.75, 3.05) is 0 Å². The maximum atomic E-state index is 4.82. The molecule has 0 saturated carbocycles. The number of pyridine rings is 1. The highest BCUT2D eigenvalue weighted by molar-refractivity contribution is 6.36. The molecule has 1 heteroatoms. The summed E-state index contributed by atoms with van der Waals surface area (Å²) in [5.41, 5.74) is 9.52. The van der Waals surface area contributed by atoms with Crippen LogP contribution in [0.1, 0.15) is 0 Å². The Morgan fingerprint density at radius 2 is 0.652 bits per heavy atom. The highest BCUT2D eigenvalue weighted by atomic mass is 14.6. The van der Waals surface area contributed by atoms with E-state index in [-0.39, 0.29) is 0 Å². The Labute approximate surface area is 268 Å². The van der Waals surface area contributed by atoms with Crippen LogP contribution >= 0.6 is 0 Å². The Bertz CT molecular complexity index is 2380. The molecule has 1 nitrogen and oxygen atoms in total. The second-order valence-electron chi connectivity index (χ2n) is 11.9. The SMILES string of the molecule is c1ccc(-c2cccc(-c3c4ccccc4c(-c4cncc(-c5ccccc5)c4)c4c5ccccc5c5ccccc5c34)c2)cc1. The molecule has 0 saturated heterocycles. The highest BCUT2D eigenvalue weighted by Gasteiger charge is 2.22. The zero-order chi connectivity index (χ0) is 30.5. The minimum atomic E-state index is 1.11. The topological polar surface area (TPSA) is 12.9 Å². The molecule has 1 aromatic heterocycles. The summed E-state index contributed by atoms with van der Waals surface area (Å²) >= 11 is 0. The smallest absolute Gasteiger partial charge is 0.0347 e. The standard InChI is InChI=1S/C45H29N/c1-3-14-30(15-4-1)32-18-13-19-33(26-32)42-40-24-11-12-25-41(40)43(35-27-34(28-46-29-35)31-16-5-2-6-17-31)45-39-23-10-8-21-37(39)36-20-7-9-22-38(36)44(42)45/h1-29H. The number of aromatic nitrogens is 1. The molecule has 0 N–H and O–H groups in total. The van der Waals surface area contributed by atoms with Crippen LogP contribution in [-0.2, 0) is 0 Å². The molecule has 0 bridgehead atoms. The van der Waals surface area contributed by atoms with Gasteiger partial charge in [-0.05, 0) is 88.6 Å². The van der Waals surface area contributed by atoms with Crippen molar-refractivity contribution in [1.29, 1.82) is 0 Å². The van der Waals surface area contributed by atoms with Gasteiger partial charge in [0.1, 0.15) is 0 Å². The molecular formula is C45H29N. The Kier molecular flexibility index (Phi) is 6.21. The fourth-order valence-corrected chi connectivity index (χ4v) is 7.30. The van der Waals surface area contributed by atoms with Gasteiger partial charge in [0.05, 0.1) is 0 Å². The van der Waals surface area contributed by atoms with E-state index in [4.69, 9.17) is 4.98 Å². The molecule has 0 aliphatic heterocycles. The molecule has 0 radical (unpaired) electrons. The van der Waals surface area contributed by atoms with Gasteiger partial charge in [-0.15, -0.1) is 0 Å². The first-order valence-electron chi connectivity index (χ1n) is 15.8. The van der Waals surface area contributed by atoms with Gasteiger partial charge in [0.15, 0.2) is 0 Å². The lowest BCUT2D eigenvalue weighted by Crippen LogP contribution is -1.95. The van der Waals surface area contributed by atoms with Gasteiger partial charge in [-0.3, -0.25) is 4.98 Å². The van der Waals surface area contributed by atoms with Crippen LogP contribution in [0.2, 0.25) is 0 Å². The summed E-state index contributed by atoms with van der Waals surface area (Å²) in [6.45, 7) is 0. The monoisotopic (exact) mass is 583 g/mol. The fourth-order valence-electron chi connectivity index (χ4n) is 7.30. The van der Waals surface area contributed by atoms with Gasteiger partial charge in [0, 0.05) is 23.5 Å². The molecule has 0 aliphatic carbocycles. The van der Waals surface area contributed by atoms with Crippen LogP contribution in [0.4, 0.5) is 0 Å². The van der Waals surface area contributed by atoms with Crippen molar-refractivity contribution < 1.29 is 0 Å². The first kappa shape index (κ1) is 26.4. The average molecular weight is 584 g/mol. The summed E-state index contributed by atoms with van der Waals surface area (Å²) in [7, 11) is 0. The van der Waals surface area contributed by atoms with Crippen molar-refractivity contribution in [1.82, 2.24) is 4.98 Å². The molecule has 0 aliphatic rings. The van der Waals surface area contributed by atoms with Crippen molar-refractivity contribution in [3.8, 4) is 44.5 Å². The maximum absolute atomic E-state index is 4.82. The largest absolute Gasteiger partial charge is 0.263 e. The van der Waals surface area contributed by atoms with Crippen molar-refractivity contribution in [3.63, 3.8) is 0 Å². The summed E-state index contributed by atoms with van der Waals surface area (Å²) in [5.74, 6) is 0. The summed E-state index contributed by atoms with van der Waals surface area (Å²) in [6.07, 6.45) is 4.01. The van der Waals surface area contributed by atoms with Crippen LogP contribution in [0.3, 0.4) is 0 Å². The molecular weight excluding hydrogens is 555 g/mol. The summed E-state index contributed by atoms with van der Waals surface area (Å²) < 4.78 is 0. The molecule has 8 aromatic carbocycles. The van der Waals surface area contributed by atoms with E-state index in [1.807, 2.05) is 12.4 Å². The maximum Gasteiger partial charge on any atom is 0.0347 e. The molecule has 9 rings (SSSR count). The van der Waals surface area contributed by atoms with Crippen LogP contribution in [-0.4, -0.2) is 4.98 Å². The lowest BCUT2D eigenvalue weighted by Gasteiger charge is -2.22. The second kappa shape index (κ2) is 10.8. The van der Waals surface area contributed by atoms with E-state index < -0.39 is 0 Å². The first-order valence-corrected chi connectivity index (χ1v) is 15.8. The van der Waals surface area contributed by atoms with Crippen molar-refractivity contribution in [3.05, 3.63) is 176 Å². The first-order chi connectivity index (χ1) is 22.8. The summed E-state index contributed by atoms with van der Waals surface area (Å²) in [6, 6.07) is 59.3. The minimum Gasteiger partial charge on any atom is -0.263 e. The van der Waals surface area contributed by atoms with Gasteiger partial charge in [-0.2, -0.15) is 0 Å². The molecule has 0 fully saturated rings. The number of rotatable bonds is 4. The third-order valence-corrected chi connectivity index (χ3v) is 9.29. The molecule has 0 spiro atoms. The van der Waals surface area contributed by atoms with Crippen LogP contribution in [0.25, 0.3) is 87.6 Å². The lowest BCUT2D eigenvalue weighted by atomic mass is 9.81. The van der Waals surface area contributed by atoms with E-state index in [1.54, 1.807) is 0 Å². The number of hydrogen-bond donors (Lipinski definition) is 0. The average Bonchev–Trinajstić information content (AvgIpc) is 3.15. The van der Waals surface area contributed by atoms with E-state index in [9.17, 15) is 0 Å². The van der Waals surface area contributed by atoms with Gasteiger partial charge in [0.2, 0.25) is 0 Å². The van der Waals surface area contributed by atoms with E-state index in [2.05, 4.69) is 164 Å². The van der Waals surface area contributed by atoms with Crippen LogP contribution in [0.15, 0.2) is 176 Å². The summed E-state index contributed by atoms with van der Waals surface area (Å²) in [5, 5.41) is 10.0. The predicted octanol–water partition coefficient (Wildman–Crippen LogP) is 12.4. The van der Waals surface area contributed by atoms with Crippen molar-refractivity contribution in [2.24, 2.45) is 0 Å². The molecule has 1 heterocycles. The molecule has 46 heavy (non-hydrogen) atoms. The highest BCUT2D eigenvalue weighted by Crippen LogP contribution is 2.49. The fraction of sp³-hybridized carbons (Fsp3) is 0. The van der Waals surface area contributed by atoms with Gasteiger partial charge in [0.25, 0.3) is 0 Å². The van der Waals surface area contributed by atoms with Crippen LogP contribution < -0.4 is 0 Å². The van der Waals surface area contributed by atoms with Crippen LogP contribution in [0, 0.1) is 0 Å². The van der Waals surface area contributed by atoms with Gasteiger partial charge in [-0.25, -0.2) is 0 Å². The summed E-state index contributed by atoms with van der Waals surface area (Å²) in [4.78, 5) is 4.82. The lowest BCUT2D eigenvalue weighted by molar-refractivity contribution is 1.33.